The van der Waals surface area contributed by atoms with Crippen LogP contribution in [0.3, 0.4) is 0 Å². The first-order valence-corrected chi connectivity index (χ1v) is 9.45. The van der Waals surface area contributed by atoms with Gasteiger partial charge in [-0.25, -0.2) is 4.79 Å². The number of hydrogen-bond donors (Lipinski definition) is 1. The Labute approximate surface area is 135 Å². The van der Waals surface area contributed by atoms with Crippen LogP contribution in [-0.4, -0.2) is 32.4 Å². The van der Waals surface area contributed by atoms with Crippen molar-refractivity contribution in [2.24, 2.45) is 5.92 Å². The van der Waals surface area contributed by atoms with Crippen molar-refractivity contribution in [2.75, 3.05) is 37.1 Å². The van der Waals surface area contributed by atoms with E-state index in [9.17, 15) is 4.79 Å². The number of nitrogens with zero attached hydrogens (tertiary/aromatic N) is 1. The monoisotopic (exact) mass is 328 g/mol. The predicted molar refractivity (Wildman–Crippen MR) is 91.7 cm³/mol. The van der Waals surface area contributed by atoms with Crippen LogP contribution in [0.4, 0.5) is 10.7 Å². The van der Waals surface area contributed by atoms with E-state index in [1.54, 1.807) is 11.8 Å². The quantitative estimate of drug-likeness (QED) is 0.672. The second-order valence-electron chi connectivity index (χ2n) is 5.37. The van der Waals surface area contributed by atoms with Crippen molar-refractivity contribution in [2.45, 2.75) is 37.5 Å². The molecule has 0 saturated carbocycles. The van der Waals surface area contributed by atoms with Crippen molar-refractivity contribution >= 4 is 39.8 Å². The van der Waals surface area contributed by atoms with Gasteiger partial charge in [0, 0.05) is 13.1 Å². The number of thiophene rings is 1. The third kappa shape index (κ3) is 3.48. The lowest BCUT2D eigenvalue weighted by Crippen LogP contribution is -2.23. The Hall–Kier alpha value is -0.880. The summed E-state index contributed by atoms with van der Waals surface area (Å²) in [5.74, 6) is 0.491. The number of nitrogens with two attached hydrogens (primary N) is 1. The van der Waals surface area contributed by atoms with E-state index in [1.165, 1.54) is 44.1 Å². The second kappa shape index (κ2) is 7.40. The van der Waals surface area contributed by atoms with Crippen LogP contribution in [0.5, 0.6) is 0 Å². The van der Waals surface area contributed by atoms with E-state index in [2.05, 4.69) is 11.8 Å². The van der Waals surface area contributed by atoms with Gasteiger partial charge in [0.25, 0.3) is 0 Å². The predicted octanol–water partition coefficient (Wildman–Crippen LogP) is 3.86. The van der Waals surface area contributed by atoms with Crippen molar-refractivity contribution in [1.29, 1.82) is 0 Å². The summed E-state index contributed by atoms with van der Waals surface area (Å²) in [5.41, 5.74) is 6.73. The van der Waals surface area contributed by atoms with Gasteiger partial charge in [-0.3, -0.25) is 0 Å². The molecule has 0 spiro atoms. The normalized spacial score (nSPS) is 19.4. The molecule has 2 N–H and O–H groups in total. The lowest BCUT2D eigenvalue weighted by molar-refractivity contribution is 0.0607. The molecule has 0 aliphatic carbocycles. The lowest BCUT2D eigenvalue weighted by Gasteiger charge is -2.22. The van der Waals surface area contributed by atoms with Crippen LogP contribution < -0.4 is 10.6 Å². The van der Waals surface area contributed by atoms with E-state index >= 15 is 0 Å². The molecule has 1 unspecified atom stereocenters. The summed E-state index contributed by atoms with van der Waals surface area (Å²) in [7, 11) is 1.40. The summed E-state index contributed by atoms with van der Waals surface area (Å²) >= 11 is 3.09. The highest BCUT2D eigenvalue weighted by atomic mass is 32.2. The molecule has 2 rings (SSSR count). The fourth-order valence-corrected chi connectivity index (χ4v) is 4.99. The molecule has 0 bridgehead atoms. The molecular formula is C15H24N2O2S2. The SMILES string of the molecule is CCC1CCCN(c2sc(C(=O)OC)c(N)c2SC)CC1. The number of rotatable bonds is 4. The van der Waals surface area contributed by atoms with E-state index in [4.69, 9.17) is 10.5 Å². The zero-order valence-electron chi connectivity index (χ0n) is 13.0. The van der Waals surface area contributed by atoms with E-state index < -0.39 is 0 Å². The van der Waals surface area contributed by atoms with Crippen LogP contribution in [0.25, 0.3) is 0 Å². The molecule has 21 heavy (non-hydrogen) atoms. The van der Waals surface area contributed by atoms with Crippen LogP contribution in [0.2, 0.25) is 0 Å². The molecule has 1 aromatic heterocycles. The first-order chi connectivity index (χ1) is 10.1. The number of ether oxygens (including phenoxy) is 1. The smallest absolute Gasteiger partial charge is 0.350 e. The topological polar surface area (TPSA) is 55.6 Å². The molecule has 118 valence electrons. The largest absolute Gasteiger partial charge is 0.465 e. The summed E-state index contributed by atoms with van der Waals surface area (Å²) in [5, 5.41) is 1.14. The highest BCUT2D eigenvalue weighted by Crippen LogP contribution is 2.44. The van der Waals surface area contributed by atoms with Crippen LogP contribution in [0, 0.1) is 5.92 Å². The number of methoxy groups -OCH3 is 1. The average Bonchev–Trinajstić information content (AvgIpc) is 2.68. The average molecular weight is 329 g/mol. The molecule has 2 heterocycles. The maximum atomic E-state index is 11.8. The third-order valence-corrected chi connectivity index (χ3v) is 6.37. The molecule has 0 amide bonds. The van der Waals surface area contributed by atoms with E-state index in [-0.39, 0.29) is 5.97 Å². The number of nitrogen functional groups attached to an aromatic ring is 1. The number of anilines is 2. The van der Waals surface area contributed by atoms with Gasteiger partial charge in [0.15, 0.2) is 0 Å². The summed E-state index contributed by atoms with van der Waals surface area (Å²) in [6.45, 7) is 4.36. The highest BCUT2D eigenvalue weighted by molar-refractivity contribution is 7.99. The number of carbonyl (C=O) groups is 1. The molecule has 0 aromatic carbocycles. The fraction of sp³-hybridized carbons (Fsp3) is 0.667. The Bertz CT molecular complexity index is 502. The van der Waals surface area contributed by atoms with Crippen molar-refractivity contribution in [1.82, 2.24) is 0 Å². The van der Waals surface area contributed by atoms with Gasteiger partial charge in [-0.2, -0.15) is 0 Å². The summed E-state index contributed by atoms with van der Waals surface area (Å²) in [6, 6.07) is 0. The molecule has 1 saturated heterocycles. The summed E-state index contributed by atoms with van der Waals surface area (Å²) < 4.78 is 4.84. The van der Waals surface area contributed by atoms with Crippen LogP contribution in [0.15, 0.2) is 4.90 Å². The van der Waals surface area contributed by atoms with Crippen LogP contribution >= 0.6 is 23.1 Å². The Kier molecular flexibility index (Phi) is 5.81. The minimum atomic E-state index is -0.333. The zero-order valence-corrected chi connectivity index (χ0v) is 14.6. The summed E-state index contributed by atoms with van der Waals surface area (Å²) in [6.07, 6.45) is 6.98. The van der Waals surface area contributed by atoms with Gasteiger partial charge in [0.2, 0.25) is 0 Å². The highest BCUT2D eigenvalue weighted by Gasteiger charge is 2.26. The molecule has 1 atom stereocenters. The molecular weight excluding hydrogens is 304 g/mol. The minimum absolute atomic E-state index is 0.333. The first-order valence-electron chi connectivity index (χ1n) is 7.41. The maximum absolute atomic E-state index is 11.8. The van der Waals surface area contributed by atoms with Gasteiger partial charge in [-0.15, -0.1) is 23.1 Å². The molecule has 1 aromatic rings. The van der Waals surface area contributed by atoms with Gasteiger partial charge in [-0.05, 0) is 31.4 Å². The third-order valence-electron chi connectivity index (χ3n) is 4.17. The van der Waals surface area contributed by atoms with Crippen molar-refractivity contribution in [3.05, 3.63) is 4.88 Å². The summed E-state index contributed by atoms with van der Waals surface area (Å²) in [4.78, 5) is 15.8. The van der Waals surface area contributed by atoms with Gasteiger partial charge in [-0.1, -0.05) is 13.3 Å². The van der Waals surface area contributed by atoms with Gasteiger partial charge in [0.05, 0.1) is 17.7 Å². The molecule has 1 aliphatic heterocycles. The molecule has 6 heteroatoms. The number of thioether (sulfide) groups is 1. The Morgan fingerprint density at radius 2 is 2.24 bits per heavy atom. The number of hydrogen-bond acceptors (Lipinski definition) is 6. The molecule has 1 fully saturated rings. The van der Waals surface area contributed by atoms with E-state index in [0.717, 1.165) is 28.9 Å². The zero-order chi connectivity index (χ0) is 15.4. The second-order valence-corrected chi connectivity index (χ2v) is 7.18. The first kappa shape index (κ1) is 16.5. The minimum Gasteiger partial charge on any atom is -0.465 e. The molecule has 4 nitrogen and oxygen atoms in total. The van der Waals surface area contributed by atoms with E-state index in [1.807, 2.05) is 6.26 Å². The number of carbonyl (C=O) groups excluding carboxylic acids is 1. The standard InChI is InChI=1S/C15H24N2O2S2/c1-4-10-6-5-8-17(9-7-10)14-12(20-3)11(16)13(21-14)15(18)19-2/h10H,4-9,16H2,1-3H3. The number of esters is 1. The lowest BCUT2D eigenvalue weighted by atomic mass is 9.98. The van der Waals surface area contributed by atoms with Crippen LogP contribution in [0.1, 0.15) is 42.3 Å². The Morgan fingerprint density at radius 3 is 2.86 bits per heavy atom. The van der Waals surface area contributed by atoms with Gasteiger partial charge < -0.3 is 15.4 Å². The van der Waals surface area contributed by atoms with Crippen molar-refractivity contribution in [3.8, 4) is 0 Å². The van der Waals surface area contributed by atoms with Gasteiger partial charge in [0.1, 0.15) is 9.88 Å². The Morgan fingerprint density at radius 1 is 1.48 bits per heavy atom. The van der Waals surface area contributed by atoms with E-state index in [0.29, 0.717) is 10.6 Å². The Balaban J connectivity index is 2.28. The van der Waals surface area contributed by atoms with Gasteiger partial charge >= 0.3 is 5.97 Å². The molecule has 1 aliphatic rings. The van der Waals surface area contributed by atoms with Crippen molar-refractivity contribution in [3.63, 3.8) is 0 Å². The van der Waals surface area contributed by atoms with Crippen LogP contribution in [-0.2, 0) is 4.74 Å². The maximum Gasteiger partial charge on any atom is 0.350 e. The fourth-order valence-electron chi connectivity index (χ4n) is 2.84. The molecule has 0 radical (unpaired) electrons. The van der Waals surface area contributed by atoms with Crippen molar-refractivity contribution < 1.29 is 9.53 Å².